The van der Waals surface area contributed by atoms with E-state index in [0.717, 1.165) is 11.5 Å². The summed E-state index contributed by atoms with van der Waals surface area (Å²) < 4.78 is 11.6. The Morgan fingerprint density at radius 2 is 1.21 bits per heavy atom. The van der Waals surface area contributed by atoms with Gasteiger partial charge in [0.05, 0.1) is 9.16 Å². The summed E-state index contributed by atoms with van der Waals surface area (Å²) in [6.45, 7) is 7.85. The molecule has 0 bridgehead atoms. The third kappa shape index (κ3) is 9.55. The van der Waals surface area contributed by atoms with Crippen molar-refractivity contribution in [3.63, 3.8) is 0 Å². The topological polar surface area (TPSA) is 52.6 Å². The first-order valence-electron chi connectivity index (χ1n) is 9.73. The molecule has 0 spiro atoms. The Kier molecular flexibility index (Phi) is 12.0. The highest BCUT2D eigenvalue weighted by Crippen LogP contribution is 2.42. The lowest BCUT2D eigenvalue weighted by Gasteiger charge is -2.11. The first-order chi connectivity index (χ1) is 13.6. The highest BCUT2D eigenvalue weighted by molar-refractivity contribution is 8.20. The van der Waals surface area contributed by atoms with E-state index in [-0.39, 0.29) is 11.9 Å². The summed E-state index contributed by atoms with van der Waals surface area (Å²) in [6.07, 6.45) is 10.1. The van der Waals surface area contributed by atoms with Crippen molar-refractivity contribution in [1.29, 1.82) is 0 Å². The van der Waals surface area contributed by atoms with Crippen LogP contribution in [-0.2, 0) is 19.1 Å². The molecule has 4 atom stereocenters. The van der Waals surface area contributed by atoms with E-state index >= 15 is 0 Å². The Bertz CT molecular complexity index is 482. The Morgan fingerprint density at radius 3 is 1.61 bits per heavy atom. The lowest BCUT2D eigenvalue weighted by Crippen LogP contribution is -2.14. The molecule has 28 heavy (non-hydrogen) atoms. The van der Waals surface area contributed by atoms with Crippen molar-refractivity contribution in [1.82, 2.24) is 0 Å². The zero-order valence-electron chi connectivity index (χ0n) is 16.2. The van der Waals surface area contributed by atoms with Crippen LogP contribution in [0.15, 0.2) is 25.3 Å². The van der Waals surface area contributed by atoms with E-state index in [9.17, 15) is 9.59 Å². The normalized spacial score (nSPS) is 26.7. The van der Waals surface area contributed by atoms with Gasteiger partial charge in [0.25, 0.3) is 0 Å². The Hall–Kier alpha value is -0.180. The molecule has 2 saturated heterocycles. The molecule has 2 rings (SSSR count). The van der Waals surface area contributed by atoms with Crippen molar-refractivity contribution in [2.45, 2.75) is 58.2 Å². The lowest BCUT2D eigenvalue weighted by atomic mass is 10.1. The van der Waals surface area contributed by atoms with E-state index in [1.807, 2.05) is 47.0 Å². The van der Waals surface area contributed by atoms with Gasteiger partial charge < -0.3 is 9.47 Å². The molecule has 2 fully saturated rings. The van der Waals surface area contributed by atoms with Crippen molar-refractivity contribution < 1.29 is 19.1 Å². The molecule has 8 heteroatoms. The number of esters is 2. The second-order valence-electron chi connectivity index (χ2n) is 6.70. The molecule has 0 aromatic carbocycles. The minimum atomic E-state index is -0.322. The number of thioether (sulfide) groups is 4. The zero-order valence-corrected chi connectivity index (χ0v) is 19.5. The molecule has 0 amide bonds. The fraction of sp³-hybridized carbons (Fsp3) is 0.700. The molecule has 0 aromatic rings. The Morgan fingerprint density at radius 1 is 0.786 bits per heavy atom. The van der Waals surface area contributed by atoms with Crippen molar-refractivity contribution >= 4 is 59.0 Å². The molecule has 0 N–H and O–H groups in total. The molecule has 0 aliphatic carbocycles. The van der Waals surface area contributed by atoms with Crippen molar-refractivity contribution in [3.8, 4) is 0 Å². The van der Waals surface area contributed by atoms with Gasteiger partial charge >= 0.3 is 11.9 Å². The number of carbonyl (C=O) groups excluding carboxylic acids is 2. The maximum atomic E-state index is 11.1. The molecular weight excluding hydrogens is 432 g/mol. The largest absolute Gasteiger partial charge is 0.461 e. The van der Waals surface area contributed by atoms with E-state index in [1.54, 1.807) is 0 Å². The number of carbonyl (C=O) groups is 2. The van der Waals surface area contributed by atoms with Crippen molar-refractivity contribution in [2.24, 2.45) is 0 Å². The minimum absolute atomic E-state index is 0.322. The Labute approximate surface area is 185 Å². The number of rotatable bonds is 13. The molecule has 0 aromatic heterocycles. The molecule has 4 nitrogen and oxygen atoms in total. The van der Waals surface area contributed by atoms with E-state index in [2.05, 4.69) is 13.2 Å². The average Bonchev–Trinajstić information content (AvgIpc) is 3.36. The molecule has 158 valence electrons. The predicted octanol–water partition coefficient (Wildman–Crippen LogP) is 5.13. The van der Waals surface area contributed by atoms with Gasteiger partial charge in [0.2, 0.25) is 0 Å². The number of hydrogen-bond donors (Lipinski definition) is 0. The van der Waals surface area contributed by atoms with Crippen LogP contribution in [0.2, 0.25) is 0 Å². The fourth-order valence-corrected chi connectivity index (χ4v) is 9.55. The highest BCUT2D eigenvalue weighted by atomic mass is 32.2. The van der Waals surface area contributed by atoms with Crippen LogP contribution < -0.4 is 0 Å². The van der Waals surface area contributed by atoms with E-state index in [4.69, 9.17) is 9.47 Å². The summed E-state index contributed by atoms with van der Waals surface area (Å²) in [7, 11) is 0. The second kappa shape index (κ2) is 13.9. The summed E-state index contributed by atoms with van der Waals surface area (Å²) >= 11 is 7.92. The molecule has 4 unspecified atom stereocenters. The molecule has 2 aliphatic heterocycles. The van der Waals surface area contributed by atoms with Crippen LogP contribution in [0, 0.1) is 0 Å². The van der Waals surface area contributed by atoms with E-state index in [0.29, 0.717) is 32.9 Å². The van der Waals surface area contributed by atoms with E-state index < -0.39 is 0 Å². The van der Waals surface area contributed by atoms with Crippen LogP contribution in [-0.4, -0.2) is 56.3 Å². The Balaban J connectivity index is 1.43. The van der Waals surface area contributed by atoms with Gasteiger partial charge in [-0.2, -0.15) is 0 Å². The lowest BCUT2D eigenvalue weighted by molar-refractivity contribution is -0.138. The van der Waals surface area contributed by atoms with Crippen LogP contribution >= 0.6 is 47.0 Å². The monoisotopic (exact) mass is 462 g/mol. The first-order valence-corrected chi connectivity index (χ1v) is 13.7. The zero-order chi connectivity index (χ0) is 20.2. The number of unbranched alkanes of at least 4 members (excludes halogenated alkanes) is 3. The first kappa shape index (κ1) is 24.1. The average molecular weight is 463 g/mol. The van der Waals surface area contributed by atoms with Crippen molar-refractivity contribution in [3.05, 3.63) is 25.3 Å². The predicted molar refractivity (Wildman–Crippen MR) is 125 cm³/mol. The quantitative estimate of drug-likeness (QED) is 0.212. The minimum Gasteiger partial charge on any atom is -0.461 e. The summed E-state index contributed by atoms with van der Waals surface area (Å²) in [5, 5.41) is 0.850. The van der Waals surface area contributed by atoms with Gasteiger partial charge in [-0.3, -0.25) is 0 Å². The molecule has 0 radical (unpaired) electrons. The standard InChI is InChI=1S/C20H30O4S4/c1-3-17(21)23-11-15-13-25-19(27-15)9-7-5-6-8-10-20-26-14-16(28-20)12-24-18(22)4-2/h3-4,15-16,19-20H,1-2,5-14H2. The van der Waals surface area contributed by atoms with Gasteiger partial charge in [-0.15, -0.1) is 47.0 Å². The van der Waals surface area contributed by atoms with Crippen LogP contribution in [0.5, 0.6) is 0 Å². The summed E-state index contributed by atoms with van der Waals surface area (Å²) in [5.41, 5.74) is 0. The van der Waals surface area contributed by atoms with Gasteiger partial charge in [0.1, 0.15) is 13.2 Å². The third-order valence-corrected chi connectivity index (χ3v) is 11.2. The molecular formula is C20H30O4S4. The maximum Gasteiger partial charge on any atom is 0.330 e. The van der Waals surface area contributed by atoms with Gasteiger partial charge in [0.15, 0.2) is 0 Å². The van der Waals surface area contributed by atoms with Crippen LogP contribution in [0.3, 0.4) is 0 Å². The van der Waals surface area contributed by atoms with Crippen molar-refractivity contribution in [2.75, 3.05) is 24.7 Å². The summed E-state index contributed by atoms with van der Waals surface area (Å²) in [5.74, 6) is 1.49. The molecule has 2 aliphatic rings. The fourth-order valence-electron chi connectivity index (χ4n) is 2.94. The number of ether oxygens (including phenoxy) is 2. The van der Waals surface area contributed by atoms with Gasteiger partial charge in [-0.1, -0.05) is 38.8 Å². The maximum absolute atomic E-state index is 11.1. The van der Waals surface area contributed by atoms with Crippen LogP contribution in [0.1, 0.15) is 38.5 Å². The van der Waals surface area contributed by atoms with Crippen LogP contribution in [0.4, 0.5) is 0 Å². The highest BCUT2D eigenvalue weighted by Gasteiger charge is 2.27. The van der Waals surface area contributed by atoms with Gasteiger partial charge in [0, 0.05) is 34.2 Å². The summed E-state index contributed by atoms with van der Waals surface area (Å²) in [6, 6.07) is 0. The summed E-state index contributed by atoms with van der Waals surface area (Å²) in [4.78, 5) is 22.3. The third-order valence-electron chi connectivity index (χ3n) is 4.41. The SMILES string of the molecule is C=CC(=O)OCC1CSC(CCCCCCC2SCC(COC(=O)C=C)S2)S1. The number of hydrogen-bond acceptors (Lipinski definition) is 8. The van der Waals surface area contributed by atoms with Crippen LogP contribution in [0.25, 0.3) is 0 Å². The van der Waals surface area contributed by atoms with Gasteiger partial charge in [-0.05, 0) is 12.8 Å². The molecule has 0 saturated carbocycles. The van der Waals surface area contributed by atoms with Gasteiger partial charge in [-0.25, -0.2) is 9.59 Å². The van der Waals surface area contributed by atoms with E-state index in [1.165, 1.54) is 50.7 Å². The smallest absolute Gasteiger partial charge is 0.330 e. The molecule has 2 heterocycles. The second-order valence-corrected chi connectivity index (χ2v) is 12.8.